The minimum absolute atomic E-state index is 0.678. The second-order valence-corrected chi connectivity index (χ2v) is 6.36. The zero-order chi connectivity index (χ0) is 14.5. The third-order valence-corrected chi connectivity index (χ3v) is 5.08. The molecule has 2 saturated heterocycles. The van der Waals surface area contributed by atoms with Crippen molar-refractivity contribution in [3.63, 3.8) is 0 Å². The van der Waals surface area contributed by atoms with Gasteiger partial charge in [0.25, 0.3) is 0 Å². The maximum Gasteiger partial charge on any atom is 0.0559 e. The van der Waals surface area contributed by atoms with Crippen LogP contribution in [0.2, 0.25) is 0 Å². The van der Waals surface area contributed by atoms with Gasteiger partial charge in [-0.1, -0.05) is 12.1 Å². The van der Waals surface area contributed by atoms with Crippen LogP contribution in [-0.4, -0.2) is 35.6 Å². The number of rotatable bonds is 2. The summed E-state index contributed by atoms with van der Waals surface area (Å²) in [6.07, 6.45) is 5.95. The summed E-state index contributed by atoms with van der Waals surface area (Å²) in [4.78, 5) is 10.2. The normalized spacial score (nSPS) is 23.5. The molecule has 2 aromatic heterocycles. The zero-order valence-corrected chi connectivity index (χ0v) is 12.3. The fourth-order valence-electron chi connectivity index (χ4n) is 3.75. The number of anilines is 1. The summed E-state index contributed by atoms with van der Waals surface area (Å²) in [5, 5.41) is 4.76. The molecule has 2 aliphatic heterocycles. The van der Waals surface area contributed by atoms with Gasteiger partial charge in [-0.2, -0.15) is 0 Å². The van der Waals surface area contributed by atoms with Crippen molar-refractivity contribution in [3.8, 4) is 11.1 Å². The van der Waals surface area contributed by atoms with E-state index < -0.39 is 0 Å². The van der Waals surface area contributed by atoms with E-state index in [1.54, 1.807) is 0 Å². The van der Waals surface area contributed by atoms with E-state index in [9.17, 15) is 0 Å². The highest BCUT2D eigenvalue weighted by molar-refractivity contribution is 5.95. The van der Waals surface area contributed by atoms with E-state index >= 15 is 0 Å². The van der Waals surface area contributed by atoms with Crippen LogP contribution in [0.3, 0.4) is 0 Å². The molecule has 2 fully saturated rings. The first-order valence-electron chi connectivity index (χ1n) is 7.88. The van der Waals surface area contributed by atoms with Gasteiger partial charge in [0, 0.05) is 60.5 Å². The Hall–Kier alpha value is -2.33. The van der Waals surface area contributed by atoms with Crippen molar-refractivity contribution in [1.29, 1.82) is 0 Å². The van der Waals surface area contributed by atoms with Crippen molar-refractivity contribution in [3.05, 3.63) is 48.9 Å². The molecule has 4 heteroatoms. The van der Waals surface area contributed by atoms with Gasteiger partial charge in [0.1, 0.15) is 0 Å². The van der Waals surface area contributed by atoms with Gasteiger partial charge in [-0.3, -0.25) is 4.98 Å². The molecular formula is C18H18N4. The molecule has 0 unspecified atom stereocenters. The Balaban J connectivity index is 1.55. The van der Waals surface area contributed by atoms with Crippen LogP contribution >= 0.6 is 0 Å². The summed E-state index contributed by atoms with van der Waals surface area (Å²) < 4.78 is 0. The molecule has 5 rings (SSSR count). The maximum absolute atomic E-state index is 4.49. The number of nitrogens with zero attached hydrogens (tertiary/aromatic N) is 2. The molecule has 0 amide bonds. The molecule has 2 atom stereocenters. The first-order chi connectivity index (χ1) is 10.9. The average molecular weight is 290 g/mol. The molecule has 4 heterocycles. The van der Waals surface area contributed by atoms with E-state index in [1.807, 2.05) is 18.6 Å². The minimum atomic E-state index is 0.678. The molecule has 3 aromatic rings. The molecule has 4 nitrogen and oxygen atoms in total. The van der Waals surface area contributed by atoms with Crippen molar-refractivity contribution >= 4 is 16.6 Å². The lowest BCUT2D eigenvalue weighted by Gasteiger charge is -2.29. The van der Waals surface area contributed by atoms with Crippen LogP contribution in [0.15, 0.2) is 48.9 Å². The van der Waals surface area contributed by atoms with E-state index in [1.165, 1.54) is 27.7 Å². The standard InChI is InChI=1S/C18H18N4/c1-2-15(16-4-5-20-17(16)3-1)12-6-14(9-19-7-12)22-10-13-8-21-18(13)11-22/h1-7,9,13,18,20-21H,8,10-11H2/t13-,18+/m0/s1. The van der Waals surface area contributed by atoms with Gasteiger partial charge in [0.15, 0.2) is 0 Å². The Morgan fingerprint density at radius 3 is 2.95 bits per heavy atom. The second-order valence-electron chi connectivity index (χ2n) is 6.36. The van der Waals surface area contributed by atoms with Crippen LogP contribution < -0.4 is 10.2 Å². The topological polar surface area (TPSA) is 44.0 Å². The number of hydrogen-bond acceptors (Lipinski definition) is 3. The number of nitrogens with one attached hydrogen (secondary N) is 2. The molecule has 0 saturated carbocycles. The smallest absolute Gasteiger partial charge is 0.0559 e. The lowest BCUT2D eigenvalue weighted by atomic mass is 9.96. The van der Waals surface area contributed by atoms with Gasteiger partial charge in [-0.05, 0) is 23.8 Å². The Morgan fingerprint density at radius 1 is 1.14 bits per heavy atom. The molecule has 0 bridgehead atoms. The van der Waals surface area contributed by atoms with Crippen molar-refractivity contribution < 1.29 is 0 Å². The van der Waals surface area contributed by atoms with Crippen LogP contribution in [0, 0.1) is 5.92 Å². The first-order valence-corrected chi connectivity index (χ1v) is 7.88. The molecule has 0 spiro atoms. The van der Waals surface area contributed by atoms with Crippen molar-refractivity contribution in [2.75, 3.05) is 24.5 Å². The molecule has 0 radical (unpaired) electrons. The van der Waals surface area contributed by atoms with Crippen LogP contribution in [0.5, 0.6) is 0 Å². The number of hydrogen-bond donors (Lipinski definition) is 2. The molecule has 110 valence electrons. The monoisotopic (exact) mass is 290 g/mol. The van der Waals surface area contributed by atoms with Crippen LogP contribution in [0.4, 0.5) is 5.69 Å². The molecule has 1 aromatic carbocycles. The molecule has 2 aliphatic rings. The lowest BCUT2D eigenvalue weighted by Crippen LogP contribution is -2.51. The number of H-pyrrole nitrogens is 1. The van der Waals surface area contributed by atoms with Gasteiger partial charge in [0.05, 0.1) is 11.9 Å². The predicted molar refractivity (Wildman–Crippen MR) is 89.0 cm³/mol. The van der Waals surface area contributed by atoms with E-state index in [4.69, 9.17) is 0 Å². The maximum atomic E-state index is 4.49. The third kappa shape index (κ3) is 1.77. The predicted octanol–water partition coefficient (Wildman–Crippen LogP) is 2.64. The van der Waals surface area contributed by atoms with Crippen LogP contribution in [-0.2, 0) is 0 Å². The summed E-state index contributed by atoms with van der Waals surface area (Å²) >= 11 is 0. The number of benzene rings is 1. The second kappa shape index (κ2) is 4.58. The Labute approximate surface area is 129 Å². The Morgan fingerprint density at radius 2 is 2.14 bits per heavy atom. The highest BCUT2D eigenvalue weighted by Gasteiger charge is 2.39. The van der Waals surface area contributed by atoms with Crippen molar-refractivity contribution in [1.82, 2.24) is 15.3 Å². The van der Waals surface area contributed by atoms with E-state index in [0.717, 1.165) is 25.6 Å². The molecule has 2 N–H and O–H groups in total. The summed E-state index contributed by atoms with van der Waals surface area (Å²) in [5.41, 5.74) is 4.84. The third-order valence-electron chi connectivity index (χ3n) is 5.08. The highest BCUT2D eigenvalue weighted by atomic mass is 15.2. The lowest BCUT2D eigenvalue weighted by molar-refractivity contribution is 0.297. The van der Waals surface area contributed by atoms with Gasteiger partial charge < -0.3 is 15.2 Å². The van der Waals surface area contributed by atoms with Gasteiger partial charge in [0.2, 0.25) is 0 Å². The first kappa shape index (κ1) is 12.2. The van der Waals surface area contributed by atoms with Crippen molar-refractivity contribution in [2.24, 2.45) is 5.92 Å². The van der Waals surface area contributed by atoms with E-state index in [0.29, 0.717) is 6.04 Å². The Bertz CT molecular complexity index is 826. The number of fused-ring (bicyclic) bond motifs is 2. The summed E-state index contributed by atoms with van der Waals surface area (Å²) in [6, 6.07) is 11.5. The quantitative estimate of drug-likeness (QED) is 0.762. The number of aromatic amines is 1. The highest BCUT2D eigenvalue weighted by Crippen LogP contribution is 2.32. The molecule has 22 heavy (non-hydrogen) atoms. The van der Waals surface area contributed by atoms with Gasteiger partial charge >= 0.3 is 0 Å². The molecular weight excluding hydrogens is 272 g/mol. The van der Waals surface area contributed by atoms with E-state index in [-0.39, 0.29) is 0 Å². The van der Waals surface area contributed by atoms with Gasteiger partial charge in [-0.25, -0.2) is 0 Å². The average Bonchev–Trinajstić information content (AvgIpc) is 3.12. The van der Waals surface area contributed by atoms with Crippen LogP contribution in [0.1, 0.15) is 0 Å². The summed E-state index contributed by atoms with van der Waals surface area (Å²) in [7, 11) is 0. The number of aromatic nitrogens is 2. The largest absolute Gasteiger partial charge is 0.368 e. The minimum Gasteiger partial charge on any atom is -0.368 e. The fraction of sp³-hybridized carbons (Fsp3) is 0.278. The van der Waals surface area contributed by atoms with E-state index in [2.05, 4.69) is 50.5 Å². The fourth-order valence-corrected chi connectivity index (χ4v) is 3.75. The summed E-state index contributed by atoms with van der Waals surface area (Å²) in [5.74, 6) is 0.816. The number of pyridine rings is 1. The van der Waals surface area contributed by atoms with Crippen LogP contribution in [0.25, 0.3) is 22.0 Å². The SMILES string of the molecule is c1cc(-c2cncc(N3C[C@@H]4CN[C@@H]4C3)c2)c2cc[nH]c2c1. The Kier molecular flexibility index (Phi) is 2.55. The van der Waals surface area contributed by atoms with Gasteiger partial charge in [-0.15, -0.1) is 0 Å². The summed E-state index contributed by atoms with van der Waals surface area (Å²) in [6.45, 7) is 3.41. The van der Waals surface area contributed by atoms with Crippen molar-refractivity contribution in [2.45, 2.75) is 6.04 Å². The molecule has 0 aliphatic carbocycles. The zero-order valence-electron chi connectivity index (χ0n) is 12.3.